The number of aromatic nitrogens is 4. The summed E-state index contributed by atoms with van der Waals surface area (Å²) in [7, 11) is 0. The molecule has 1 saturated heterocycles. The van der Waals surface area contributed by atoms with Gasteiger partial charge in [0.1, 0.15) is 11.6 Å². The van der Waals surface area contributed by atoms with Gasteiger partial charge in [-0.15, -0.1) is 0 Å². The molecule has 0 atom stereocenters. The number of hydrogen-bond acceptors (Lipinski definition) is 5. The highest BCUT2D eigenvalue weighted by atomic mass is 35.5. The fourth-order valence-electron chi connectivity index (χ4n) is 3.61. The van der Waals surface area contributed by atoms with Crippen molar-refractivity contribution in [1.29, 1.82) is 0 Å². The van der Waals surface area contributed by atoms with Crippen molar-refractivity contribution >= 4 is 23.3 Å². The molecule has 0 bridgehead atoms. The van der Waals surface area contributed by atoms with Gasteiger partial charge in [0.25, 0.3) is 5.91 Å². The number of amides is 1. The summed E-state index contributed by atoms with van der Waals surface area (Å²) in [6.45, 7) is 8.54. The van der Waals surface area contributed by atoms with Gasteiger partial charge in [0.2, 0.25) is 0 Å². The van der Waals surface area contributed by atoms with Crippen LogP contribution >= 0.6 is 11.6 Å². The molecule has 0 spiro atoms. The van der Waals surface area contributed by atoms with Crippen molar-refractivity contribution in [3.63, 3.8) is 0 Å². The molecule has 1 aliphatic heterocycles. The third-order valence-corrected chi connectivity index (χ3v) is 5.24. The minimum atomic E-state index is 0.00866. The summed E-state index contributed by atoms with van der Waals surface area (Å²) in [4.78, 5) is 25.9. The Labute approximate surface area is 174 Å². The van der Waals surface area contributed by atoms with E-state index in [-0.39, 0.29) is 5.91 Å². The second-order valence-electron chi connectivity index (χ2n) is 7.26. The zero-order chi connectivity index (χ0) is 20.5. The Bertz CT molecular complexity index is 1060. The molecule has 2 aromatic heterocycles. The number of benzene rings is 1. The van der Waals surface area contributed by atoms with E-state index in [1.165, 1.54) is 0 Å². The molecule has 0 radical (unpaired) electrons. The zero-order valence-corrected chi connectivity index (χ0v) is 17.5. The second kappa shape index (κ2) is 7.83. The first-order valence-electron chi connectivity index (χ1n) is 9.60. The maximum atomic E-state index is 12.7. The maximum absolute atomic E-state index is 12.7. The Balaban J connectivity index is 1.50. The molecule has 0 unspecified atom stereocenters. The number of nitrogens with zero attached hydrogens (tertiary/aromatic N) is 6. The van der Waals surface area contributed by atoms with Gasteiger partial charge in [-0.2, -0.15) is 5.10 Å². The van der Waals surface area contributed by atoms with Crippen LogP contribution in [0, 0.1) is 20.8 Å². The number of carbonyl (C=O) groups excluding carboxylic acids is 1. The van der Waals surface area contributed by atoms with Gasteiger partial charge in [-0.3, -0.25) is 4.79 Å². The highest BCUT2D eigenvalue weighted by Crippen LogP contribution is 2.20. The first-order chi connectivity index (χ1) is 13.9. The lowest BCUT2D eigenvalue weighted by atomic mass is 10.2. The SMILES string of the molecule is Cc1cc(C)n(-c2cc(N3CCN(C(=O)c4cccc(Cl)c4)CC3)nc(C)n2)n1. The smallest absolute Gasteiger partial charge is 0.254 e. The van der Waals surface area contributed by atoms with E-state index in [4.69, 9.17) is 11.6 Å². The Morgan fingerprint density at radius 3 is 2.34 bits per heavy atom. The molecule has 8 heteroatoms. The van der Waals surface area contributed by atoms with E-state index in [1.54, 1.807) is 24.3 Å². The molecule has 7 nitrogen and oxygen atoms in total. The van der Waals surface area contributed by atoms with Gasteiger partial charge in [0.05, 0.1) is 5.69 Å². The fraction of sp³-hybridized carbons (Fsp3) is 0.333. The molecule has 3 aromatic rings. The van der Waals surface area contributed by atoms with Crippen molar-refractivity contribution < 1.29 is 4.79 Å². The van der Waals surface area contributed by atoms with Crippen LogP contribution in [-0.2, 0) is 0 Å². The number of rotatable bonds is 3. The third-order valence-electron chi connectivity index (χ3n) is 5.00. The van der Waals surface area contributed by atoms with Crippen LogP contribution in [0.15, 0.2) is 36.4 Å². The number of carbonyl (C=O) groups is 1. The van der Waals surface area contributed by atoms with Crippen LogP contribution in [0.25, 0.3) is 5.82 Å². The molecule has 0 N–H and O–H groups in total. The number of halogens is 1. The van der Waals surface area contributed by atoms with Gasteiger partial charge in [0.15, 0.2) is 5.82 Å². The summed E-state index contributed by atoms with van der Waals surface area (Å²) in [5.74, 6) is 2.32. The van der Waals surface area contributed by atoms with Crippen LogP contribution in [0.3, 0.4) is 0 Å². The predicted molar refractivity (Wildman–Crippen MR) is 113 cm³/mol. The van der Waals surface area contributed by atoms with Crippen LogP contribution in [0.4, 0.5) is 5.82 Å². The monoisotopic (exact) mass is 410 g/mol. The number of piperazine rings is 1. The standard InChI is InChI=1S/C21H23ClN6O/c1-14-11-15(2)28(25-14)20-13-19(23-16(3)24-20)26-7-9-27(10-8-26)21(29)17-5-4-6-18(22)12-17/h4-6,11-13H,7-10H2,1-3H3. The molecule has 1 aromatic carbocycles. The minimum Gasteiger partial charge on any atom is -0.353 e. The van der Waals surface area contributed by atoms with Crippen molar-refractivity contribution in [1.82, 2.24) is 24.6 Å². The molecule has 1 aliphatic rings. The largest absolute Gasteiger partial charge is 0.353 e. The molecule has 1 amide bonds. The summed E-state index contributed by atoms with van der Waals surface area (Å²) in [6, 6.07) is 11.1. The van der Waals surface area contributed by atoms with E-state index in [9.17, 15) is 4.79 Å². The number of hydrogen-bond donors (Lipinski definition) is 0. The van der Waals surface area contributed by atoms with Crippen LogP contribution in [0.2, 0.25) is 5.02 Å². The molecular formula is C21H23ClN6O. The molecular weight excluding hydrogens is 388 g/mol. The van der Waals surface area contributed by atoms with Gasteiger partial charge in [0, 0.05) is 48.5 Å². The van der Waals surface area contributed by atoms with Crippen molar-refractivity contribution in [3.05, 3.63) is 64.2 Å². The minimum absolute atomic E-state index is 0.00866. The molecule has 3 heterocycles. The average Bonchev–Trinajstić information content (AvgIpc) is 3.05. The topological polar surface area (TPSA) is 67.2 Å². The lowest BCUT2D eigenvalue weighted by molar-refractivity contribution is 0.0746. The van der Waals surface area contributed by atoms with E-state index < -0.39 is 0 Å². The van der Waals surface area contributed by atoms with Crippen LogP contribution in [-0.4, -0.2) is 56.7 Å². The number of aryl methyl sites for hydroxylation is 3. The van der Waals surface area contributed by atoms with Gasteiger partial charge in [-0.1, -0.05) is 17.7 Å². The Morgan fingerprint density at radius 1 is 0.966 bits per heavy atom. The number of anilines is 1. The summed E-state index contributed by atoms with van der Waals surface area (Å²) >= 11 is 6.02. The first kappa shape index (κ1) is 19.4. The van der Waals surface area contributed by atoms with Gasteiger partial charge in [-0.05, 0) is 45.0 Å². The highest BCUT2D eigenvalue weighted by molar-refractivity contribution is 6.30. The quantitative estimate of drug-likeness (QED) is 0.663. The molecule has 150 valence electrons. The van der Waals surface area contributed by atoms with Gasteiger partial charge < -0.3 is 9.80 Å². The van der Waals surface area contributed by atoms with Crippen LogP contribution < -0.4 is 4.90 Å². The van der Waals surface area contributed by atoms with Crippen molar-refractivity contribution in [2.75, 3.05) is 31.1 Å². The van der Waals surface area contributed by atoms with E-state index in [2.05, 4.69) is 20.0 Å². The van der Waals surface area contributed by atoms with Crippen molar-refractivity contribution in [2.45, 2.75) is 20.8 Å². The summed E-state index contributed by atoms with van der Waals surface area (Å²) < 4.78 is 1.84. The molecule has 0 aliphatic carbocycles. The second-order valence-corrected chi connectivity index (χ2v) is 7.70. The van der Waals surface area contributed by atoms with E-state index >= 15 is 0 Å². The predicted octanol–water partition coefficient (Wildman–Crippen LogP) is 3.20. The lowest BCUT2D eigenvalue weighted by Gasteiger charge is -2.35. The van der Waals surface area contributed by atoms with Gasteiger partial charge in [-0.25, -0.2) is 14.6 Å². The van der Waals surface area contributed by atoms with Crippen LogP contribution in [0.5, 0.6) is 0 Å². The zero-order valence-electron chi connectivity index (χ0n) is 16.8. The lowest BCUT2D eigenvalue weighted by Crippen LogP contribution is -2.49. The highest BCUT2D eigenvalue weighted by Gasteiger charge is 2.24. The van der Waals surface area contributed by atoms with Crippen molar-refractivity contribution in [3.8, 4) is 5.82 Å². The normalized spacial score (nSPS) is 14.3. The van der Waals surface area contributed by atoms with Gasteiger partial charge >= 0.3 is 0 Å². The summed E-state index contributed by atoms with van der Waals surface area (Å²) in [5.41, 5.74) is 2.60. The first-order valence-corrected chi connectivity index (χ1v) is 9.97. The molecule has 0 saturated carbocycles. The van der Waals surface area contributed by atoms with E-state index in [0.29, 0.717) is 42.6 Å². The fourth-order valence-corrected chi connectivity index (χ4v) is 3.80. The third kappa shape index (κ3) is 4.10. The summed E-state index contributed by atoms with van der Waals surface area (Å²) in [6.07, 6.45) is 0. The Kier molecular flexibility index (Phi) is 5.24. The Hall–Kier alpha value is -2.93. The molecule has 1 fully saturated rings. The summed E-state index contributed by atoms with van der Waals surface area (Å²) in [5, 5.41) is 5.10. The molecule has 29 heavy (non-hydrogen) atoms. The van der Waals surface area contributed by atoms with Crippen LogP contribution in [0.1, 0.15) is 27.6 Å². The molecule has 4 rings (SSSR count). The van der Waals surface area contributed by atoms with E-state index in [0.717, 1.165) is 23.0 Å². The maximum Gasteiger partial charge on any atom is 0.254 e. The van der Waals surface area contributed by atoms with Crippen molar-refractivity contribution in [2.24, 2.45) is 0 Å². The average molecular weight is 411 g/mol. The Morgan fingerprint density at radius 2 is 1.69 bits per heavy atom. The van der Waals surface area contributed by atoms with E-state index in [1.807, 2.05) is 42.5 Å².